The van der Waals surface area contributed by atoms with Gasteiger partial charge in [0.1, 0.15) is 5.54 Å². The van der Waals surface area contributed by atoms with Gasteiger partial charge in [0.25, 0.3) is 5.91 Å². The summed E-state index contributed by atoms with van der Waals surface area (Å²) in [5.41, 5.74) is -1.11. The summed E-state index contributed by atoms with van der Waals surface area (Å²) in [6, 6.07) is 5.97. The highest BCUT2D eigenvalue weighted by Gasteiger charge is 2.46. The van der Waals surface area contributed by atoms with Gasteiger partial charge < -0.3 is 20.1 Å². The van der Waals surface area contributed by atoms with Crippen molar-refractivity contribution in [3.05, 3.63) is 41.2 Å². The minimum absolute atomic E-state index is 0.0757. The molecule has 2 heterocycles. The maximum Gasteiger partial charge on any atom is 0.387 e. The fraction of sp³-hybridized carbons (Fsp3) is 0.542. The van der Waals surface area contributed by atoms with Gasteiger partial charge in [0.2, 0.25) is 0 Å². The lowest BCUT2D eigenvalue weighted by molar-refractivity contribution is -0.148. The van der Waals surface area contributed by atoms with Gasteiger partial charge in [-0.3, -0.25) is 14.3 Å². The van der Waals surface area contributed by atoms with Crippen LogP contribution in [0.1, 0.15) is 52.1 Å². The van der Waals surface area contributed by atoms with E-state index in [4.69, 9.17) is 11.6 Å². The Bertz CT molecular complexity index is 1070. The Morgan fingerprint density at radius 1 is 1.26 bits per heavy atom. The number of aromatic nitrogens is 2. The third-order valence-corrected chi connectivity index (χ3v) is 6.62. The first-order chi connectivity index (χ1) is 16.4. The number of carbonyl (C=O) groups excluding carboxylic acids is 1. The molecule has 0 saturated carbocycles. The van der Waals surface area contributed by atoms with Crippen LogP contribution >= 0.6 is 11.6 Å². The molecule has 1 amide bonds. The Morgan fingerprint density at radius 2 is 1.91 bits per heavy atom. The molecule has 1 fully saturated rings. The number of hydrogen-bond donors (Lipinski definition) is 2. The Balaban J connectivity index is 1.93. The second-order valence-electron chi connectivity index (χ2n) is 9.79. The Kier molecular flexibility index (Phi) is 8.06. The Hall–Kier alpha value is -2.72. The average Bonchev–Trinajstić information content (AvgIpc) is 3.26. The third-order valence-electron chi connectivity index (χ3n) is 6.38. The number of nitrogens with one attached hydrogen (secondary N) is 1. The van der Waals surface area contributed by atoms with Crippen LogP contribution in [0.3, 0.4) is 0 Å². The third kappa shape index (κ3) is 5.92. The number of nitrogens with zero attached hydrogens (tertiary/aromatic N) is 3. The summed E-state index contributed by atoms with van der Waals surface area (Å²) >= 11 is 5.94. The number of halogens is 3. The van der Waals surface area contributed by atoms with E-state index in [9.17, 15) is 23.5 Å². The highest BCUT2D eigenvalue weighted by atomic mass is 35.5. The molecular formula is C24H31ClF2N4O4. The van der Waals surface area contributed by atoms with Crippen LogP contribution in [0.15, 0.2) is 30.5 Å². The molecule has 2 N–H and O–H groups in total. The van der Waals surface area contributed by atoms with E-state index in [2.05, 4.69) is 15.2 Å². The van der Waals surface area contributed by atoms with E-state index in [1.54, 1.807) is 24.7 Å². The van der Waals surface area contributed by atoms with E-state index >= 15 is 0 Å². The molecule has 0 atom stereocenters. The average molecular weight is 513 g/mol. The maximum absolute atomic E-state index is 13.8. The Morgan fingerprint density at radius 3 is 2.49 bits per heavy atom. The van der Waals surface area contributed by atoms with Crippen LogP contribution in [0.2, 0.25) is 5.02 Å². The zero-order valence-electron chi connectivity index (χ0n) is 20.2. The summed E-state index contributed by atoms with van der Waals surface area (Å²) in [7, 11) is 0. The van der Waals surface area contributed by atoms with Crippen molar-refractivity contribution in [1.82, 2.24) is 14.7 Å². The van der Waals surface area contributed by atoms with Gasteiger partial charge in [-0.1, -0.05) is 25.4 Å². The molecule has 0 aliphatic carbocycles. The van der Waals surface area contributed by atoms with Gasteiger partial charge in [-0.2, -0.15) is 13.9 Å². The quantitative estimate of drug-likeness (QED) is 0.501. The summed E-state index contributed by atoms with van der Waals surface area (Å²) in [5.74, 6) is -1.46. The largest absolute Gasteiger partial charge is 0.481 e. The van der Waals surface area contributed by atoms with Gasteiger partial charge in [0, 0.05) is 42.6 Å². The number of amides is 1. The second kappa shape index (κ2) is 10.5. The fourth-order valence-corrected chi connectivity index (χ4v) is 4.54. The van der Waals surface area contributed by atoms with E-state index < -0.39 is 29.4 Å². The number of carbonyl (C=O) groups is 2. The number of rotatable bonds is 9. The first-order valence-corrected chi connectivity index (χ1v) is 11.8. The topological polar surface area (TPSA) is 96.7 Å². The molecule has 1 aromatic carbocycles. The van der Waals surface area contributed by atoms with Crippen molar-refractivity contribution in [3.8, 4) is 5.75 Å². The first-order valence-electron chi connectivity index (χ1n) is 11.4. The summed E-state index contributed by atoms with van der Waals surface area (Å²) in [6.45, 7) is 5.50. The molecule has 8 nitrogen and oxygen atoms in total. The zero-order chi connectivity index (χ0) is 26.0. The van der Waals surface area contributed by atoms with Crippen LogP contribution in [0.5, 0.6) is 5.75 Å². The number of benzene rings is 1. The van der Waals surface area contributed by atoms with Gasteiger partial charge >= 0.3 is 12.6 Å². The van der Waals surface area contributed by atoms with Crippen molar-refractivity contribution >= 4 is 29.2 Å². The number of carboxylic acids is 1. The second-order valence-corrected chi connectivity index (χ2v) is 10.2. The number of ether oxygens (including phenoxy) is 1. The van der Waals surface area contributed by atoms with Crippen molar-refractivity contribution in [1.29, 1.82) is 0 Å². The fourth-order valence-electron chi connectivity index (χ4n) is 4.38. The summed E-state index contributed by atoms with van der Waals surface area (Å²) in [4.78, 5) is 27.4. The molecule has 0 bridgehead atoms. The predicted octanol–water partition coefficient (Wildman–Crippen LogP) is 4.80. The number of anilines is 1. The van der Waals surface area contributed by atoms with Crippen LogP contribution in [0.4, 0.5) is 14.5 Å². The summed E-state index contributed by atoms with van der Waals surface area (Å²) < 4.78 is 32.2. The van der Waals surface area contributed by atoms with Crippen molar-refractivity contribution < 1.29 is 28.2 Å². The molecule has 0 spiro atoms. The molecule has 35 heavy (non-hydrogen) atoms. The SMILES string of the molecule is CC(C)c1ccnn1C1(C(=O)Nc2ccc(Cl)cc2OC(F)F)CCN(CC(C)(C)C(=O)O)CC1. The molecular weight excluding hydrogens is 482 g/mol. The van der Waals surface area contributed by atoms with Crippen LogP contribution < -0.4 is 10.1 Å². The number of carboxylic acid groups (broad SMARTS) is 1. The molecule has 1 aromatic heterocycles. The van der Waals surface area contributed by atoms with E-state index in [0.29, 0.717) is 32.5 Å². The standard InChI is InChI=1S/C24H31ClF2N4O4/c1-15(2)18-7-10-28-31(18)24(8-11-30(12-9-24)14-23(3,4)21(33)34)20(32)29-17-6-5-16(25)13-19(17)35-22(26)27/h5-7,10,13,15,22H,8-9,11-12,14H2,1-4H3,(H,29,32)(H,33,34). The zero-order valence-corrected chi connectivity index (χ0v) is 21.0. The molecule has 2 aromatic rings. The molecule has 0 radical (unpaired) electrons. The normalized spacial score (nSPS) is 16.5. The molecule has 0 unspecified atom stereocenters. The molecule has 1 aliphatic heterocycles. The molecule has 1 saturated heterocycles. The van der Waals surface area contributed by atoms with E-state index in [0.717, 1.165) is 5.69 Å². The Labute approximate surface area is 208 Å². The summed E-state index contributed by atoms with van der Waals surface area (Å²) in [6.07, 6.45) is 2.35. The number of piperidine rings is 1. The smallest absolute Gasteiger partial charge is 0.387 e. The van der Waals surface area contributed by atoms with E-state index in [1.807, 2.05) is 24.8 Å². The van der Waals surface area contributed by atoms with Crippen LogP contribution in [-0.2, 0) is 15.1 Å². The van der Waals surface area contributed by atoms with Crippen LogP contribution in [-0.4, -0.2) is 57.9 Å². The maximum atomic E-state index is 13.8. The van der Waals surface area contributed by atoms with Gasteiger partial charge in [0.15, 0.2) is 5.75 Å². The van der Waals surface area contributed by atoms with E-state index in [1.165, 1.54) is 18.2 Å². The first kappa shape index (κ1) is 26.9. The molecule has 1 aliphatic rings. The highest BCUT2D eigenvalue weighted by Crippen LogP contribution is 2.37. The van der Waals surface area contributed by atoms with Gasteiger partial charge in [-0.25, -0.2) is 0 Å². The lowest BCUT2D eigenvalue weighted by Crippen LogP contribution is -2.55. The van der Waals surface area contributed by atoms with Gasteiger partial charge in [-0.05, 0) is 50.8 Å². The van der Waals surface area contributed by atoms with Crippen molar-refractivity contribution in [2.45, 2.75) is 58.6 Å². The van der Waals surface area contributed by atoms with Gasteiger partial charge in [-0.15, -0.1) is 0 Å². The van der Waals surface area contributed by atoms with E-state index in [-0.39, 0.29) is 22.4 Å². The van der Waals surface area contributed by atoms with Gasteiger partial charge in [0.05, 0.1) is 11.1 Å². The van der Waals surface area contributed by atoms with Crippen LogP contribution in [0, 0.1) is 5.41 Å². The lowest BCUT2D eigenvalue weighted by Gasteiger charge is -2.43. The van der Waals surface area contributed by atoms with Crippen molar-refractivity contribution in [2.75, 3.05) is 25.0 Å². The molecule has 11 heteroatoms. The van der Waals surface area contributed by atoms with Crippen molar-refractivity contribution in [3.63, 3.8) is 0 Å². The molecule has 3 rings (SSSR count). The highest BCUT2D eigenvalue weighted by molar-refractivity contribution is 6.30. The number of alkyl halides is 2. The van der Waals surface area contributed by atoms with Crippen LogP contribution in [0.25, 0.3) is 0 Å². The number of aliphatic carboxylic acids is 1. The lowest BCUT2D eigenvalue weighted by atomic mass is 9.84. The predicted molar refractivity (Wildman–Crippen MR) is 128 cm³/mol. The summed E-state index contributed by atoms with van der Waals surface area (Å²) in [5, 5.41) is 16.9. The monoisotopic (exact) mass is 512 g/mol. The molecule has 192 valence electrons. The number of hydrogen-bond acceptors (Lipinski definition) is 5. The minimum atomic E-state index is -3.09. The minimum Gasteiger partial charge on any atom is -0.481 e. The van der Waals surface area contributed by atoms with Crippen molar-refractivity contribution in [2.24, 2.45) is 5.41 Å². The number of likely N-dealkylation sites (tertiary alicyclic amines) is 1.